The van der Waals surface area contributed by atoms with Crippen LogP contribution in [0.4, 0.5) is 0 Å². The minimum atomic E-state index is -0.242. The molecule has 1 aliphatic rings. The molecule has 1 unspecified atom stereocenters. The molecule has 1 aliphatic carbocycles. The number of hydrogen-bond donors (Lipinski definition) is 1. The van der Waals surface area contributed by atoms with Crippen LogP contribution in [0.3, 0.4) is 0 Å². The van der Waals surface area contributed by atoms with Crippen molar-refractivity contribution in [1.82, 2.24) is 25.5 Å². The van der Waals surface area contributed by atoms with Crippen LogP contribution in [0.5, 0.6) is 0 Å². The first-order chi connectivity index (χ1) is 13.0. The molecular formula is C20H29N5OS. The highest BCUT2D eigenvalue weighted by Gasteiger charge is 2.21. The van der Waals surface area contributed by atoms with Crippen molar-refractivity contribution >= 4 is 17.7 Å². The molecule has 0 bridgehead atoms. The van der Waals surface area contributed by atoms with E-state index in [0.717, 1.165) is 12.2 Å². The van der Waals surface area contributed by atoms with Gasteiger partial charge in [-0.1, -0.05) is 57.0 Å². The molecule has 3 rings (SSSR count). The van der Waals surface area contributed by atoms with Gasteiger partial charge in [0.25, 0.3) is 0 Å². The summed E-state index contributed by atoms with van der Waals surface area (Å²) >= 11 is 1.39. The smallest absolute Gasteiger partial charge is 0.233 e. The van der Waals surface area contributed by atoms with Crippen molar-refractivity contribution in [3.05, 3.63) is 29.8 Å². The Kier molecular flexibility index (Phi) is 6.88. The van der Waals surface area contributed by atoms with E-state index in [2.05, 4.69) is 46.8 Å². The Balaban J connectivity index is 1.59. The van der Waals surface area contributed by atoms with Gasteiger partial charge in [-0.2, -0.15) is 4.68 Å². The Morgan fingerprint density at radius 2 is 1.89 bits per heavy atom. The lowest BCUT2D eigenvalue weighted by Crippen LogP contribution is -2.35. The van der Waals surface area contributed by atoms with Gasteiger partial charge in [-0.3, -0.25) is 4.79 Å². The monoisotopic (exact) mass is 387 g/mol. The molecule has 1 saturated carbocycles. The van der Waals surface area contributed by atoms with Crippen LogP contribution >= 0.6 is 11.8 Å². The van der Waals surface area contributed by atoms with Crippen molar-refractivity contribution in [1.29, 1.82) is 0 Å². The predicted octanol–water partition coefficient (Wildman–Crippen LogP) is 3.96. The summed E-state index contributed by atoms with van der Waals surface area (Å²) in [5.41, 5.74) is 2.18. The second kappa shape index (κ2) is 9.35. The zero-order valence-corrected chi connectivity index (χ0v) is 17.2. The van der Waals surface area contributed by atoms with Gasteiger partial charge < -0.3 is 5.32 Å². The molecule has 7 heteroatoms. The number of nitrogens with zero attached hydrogens (tertiary/aromatic N) is 4. The van der Waals surface area contributed by atoms with Gasteiger partial charge in [0.1, 0.15) is 0 Å². The summed E-state index contributed by atoms with van der Waals surface area (Å²) in [6.45, 7) is 7.02. The van der Waals surface area contributed by atoms with Crippen LogP contribution in [0.1, 0.15) is 64.4 Å². The van der Waals surface area contributed by atoms with Gasteiger partial charge in [0.15, 0.2) is 0 Å². The van der Waals surface area contributed by atoms with Crippen molar-refractivity contribution in [3.63, 3.8) is 0 Å². The van der Waals surface area contributed by atoms with Crippen LogP contribution in [-0.2, 0) is 4.79 Å². The molecule has 1 atom stereocenters. The summed E-state index contributed by atoms with van der Waals surface area (Å²) in [6, 6.07) is 8.22. The van der Waals surface area contributed by atoms with Gasteiger partial charge >= 0.3 is 0 Å². The number of hydrogen-bond acceptors (Lipinski definition) is 5. The Morgan fingerprint density at radius 3 is 2.56 bits per heavy atom. The van der Waals surface area contributed by atoms with Gasteiger partial charge in [-0.15, -0.1) is 5.10 Å². The van der Waals surface area contributed by atoms with Crippen molar-refractivity contribution < 1.29 is 4.79 Å². The van der Waals surface area contributed by atoms with Crippen LogP contribution < -0.4 is 5.32 Å². The Hall–Kier alpha value is -1.89. The highest BCUT2D eigenvalue weighted by molar-refractivity contribution is 8.00. The van der Waals surface area contributed by atoms with Crippen LogP contribution in [0, 0.1) is 5.92 Å². The summed E-state index contributed by atoms with van der Waals surface area (Å²) in [4.78, 5) is 12.5. The first-order valence-corrected chi connectivity index (χ1v) is 10.8. The Morgan fingerprint density at radius 1 is 1.19 bits per heavy atom. The number of carbonyl (C=O) groups excluding carboxylic acids is 1. The summed E-state index contributed by atoms with van der Waals surface area (Å²) in [5.74, 6) is 1.16. The topological polar surface area (TPSA) is 72.7 Å². The maximum Gasteiger partial charge on any atom is 0.233 e. The Labute approximate surface area is 165 Å². The average molecular weight is 388 g/mol. The highest BCUT2D eigenvalue weighted by atomic mass is 32.2. The van der Waals surface area contributed by atoms with Crippen molar-refractivity contribution in [3.8, 4) is 5.69 Å². The second-order valence-corrected chi connectivity index (χ2v) is 8.94. The number of carbonyl (C=O) groups is 1. The lowest BCUT2D eigenvalue weighted by molar-refractivity contribution is -0.120. The van der Waals surface area contributed by atoms with Gasteiger partial charge in [0.2, 0.25) is 11.1 Å². The largest absolute Gasteiger partial charge is 0.355 e. The maximum absolute atomic E-state index is 12.5. The fourth-order valence-corrected chi connectivity index (χ4v) is 4.24. The Bertz CT molecular complexity index is 737. The minimum Gasteiger partial charge on any atom is -0.355 e. The number of aromatic nitrogens is 4. The van der Waals surface area contributed by atoms with Crippen molar-refractivity contribution in [2.75, 3.05) is 6.54 Å². The second-order valence-electron chi connectivity index (χ2n) is 7.63. The van der Waals surface area contributed by atoms with E-state index in [-0.39, 0.29) is 11.2 Å². The first-order valence-electron chi connectivity index (χ1n) is 9.87. The van der Waals surface area contributed by atoms with Gasteiger partial charge in [0.05, 0.1) is 10.9 Å². The maximum atomic E-state index is 12.5. The molecule has 1 amide bonds. The summed E-state index contributed by atoms with van der Waals surface area (Å²) in [7, 11) is 0. The molecule has 1 aromatic carbocycles. The van der Waals surface area contributed by atoms with E-state index < -0.39 is 0 Å². The molecule has 1 heterocycles. The van der Waals surface area contributed by atoms with Crippen LogP contribution in [0.2, 0.25) is 0 Å². The molecular weight excluding hydrogens is 358 g/mol. The van der Waals surface area contributed by atoms with Gasteiger partial charge in [-0.05, 0) is 59.7 Å². The number of rotatable bonds is 7. The van der Waals surface area contributed by atoms with Crippen LogP contribution in [0.15, 0.2) is 29.4 Å². The molecule has 27 heavy (non-hydrogen) atoms. The van der Waals surface area contributed by atoms with E-state index in [1.54, 1.807) is 4.68 Å². The van der Waals surface area contributed by atoms with E-state index in [9.17, 15) is 4.79 Å². The number of benzene rings is 1. The fourth-order valence-electron chi connectivity index (χ4n) is 3.41. The summed E-state index contributed by atoms with van der Waals surface area (Å²) < 4.78 is 1.69. The number of nitrogens with one attached hydrogen (secondary N) is 1. The van der Waals surface area contributed by atoms with Crippen molar-refractivity contribution in [2.45, 2.75) is 69.2 Å². The predicted molar refractivity (Wildman–Crippen MR) is 108 cm³/mol. The quantitative estimate of drug-likeness (QED) is 0.728. The third-order valence-electron chi connectivity index (χ3n) is 5.19. The molecule has 1 fully saturated rings. The van der Waals surface area contributed by atoms with Gasteiger partial charge in [0, 0.05) is 6.54 Å². The lowest BCUT2D eigenvalue weighted by atomic mass is 9.89. The lowest BCUT2D eigenvalue weighted by Gasteiger charge is -2.22. The molecule has 0 spiro atoms. The van der Waals surface area contributed by atoms with Crippen molar-refractivity contribution in [2.24, 2.45) is 5.92 Å². The normalized spacial score (nSPS) is 16.4. The molecule has 0 saturated heterocycles. The average Bonchev–Trinajstić information content (AvgIpc) is 3.15. The SMILES string of the molecule is CC(Sc1nnnn1-c1ccc(C(C)C)cc1)C(=O)NCC1CCCCC1. The molecule has 1 N–H and O–H groups in total. The van der Waals surface area contributed by atoms with Crippen LogP contribution in [0.25, 0.3) is 5.69 Å². The number of thioether (sulfide) groups is 1. The highest BCUT2D eigenvalue weighted by Crippen LogP contribution is 2.25. The molecule has 0 radical (unpaired) electrons. The standard InChI is InChI=1S/C20H29N5OS/c1-14(2)17-9-11-18(12-10-17)25-20(22-23-24-25)27-15(3)19(26)21-13-16-7-5-4-6-8-16/h9-12,14-16H,4-8,13H2,1-3H3,(H,21,26). The number of amides is 1. The van der Waals surface area contributed by atoms with E-state index in [0.29, 0.717) is 17.0 Å². The molecule has 1 aromatic heterocycles. The van der Waals surface area contributed by atoms with E-state index >= 15 is 0 Å². The number of tetrazole rings is 1. The van der Waals surface area contributed by atoms with E-state index in [4.69, 9.17) is 0 Å². The first kappa shape index (κ1) is 19.9. The van der Waals surface area contributed by atoms with Gasteiger partial charge in [-0.25, -0.2) is 0 Å². The molecule has 0 aliphatic heterocycles. The van der Waals surface area contributed by atoms with E-state index in [1.165, 1.54) is 49.4 Å². The summed E-state index contributed by atoms with van der Waals surface area (Å²) in [5, 5.41) is 15.5. The zero-order chi connectivity index (χ0) is 19.2. The third kappa shape index (κ3) is 5.31. The molecule has 6 nitrogen and oxygen atoms in total. The zero-order valence-electron chi connectivity index (χ0n) is 16.4. The van der Waals surface area contributed by atoms with Crippen LogP contribution in [-0.4, -0.2) is 37.9 Å². The van der Waals surface area contributed by atoms with E-state index in [1.807, 2.05) is 19.1 Å². The summed E-state index contributed by atoms with van der Waals surface area (Å²) in [6.07, 6.45) is 6.36. The fraction of sp³-hybridized carbons (Fsp3) is 0.600. The molecule has 146 valence electrons. The minimum absolute atomic E-state index is 0.0512. The third-order valence-corrected chi connectivity index (χ3v) is 6.22. The molecule has 2 aromatic rings.